The van der Waals surface area contributed by atoms with Gasteiger partial charge in [0.1, 0.15) is 5.82 Å². The van der Waals surface area contributed by atoms with Crippen LogP contribution in [0.3, 0.4) is 0 Å². The van der Waals surface area contributed by atoms with E-state index >= 15 is 0 Å². The predicted octanol–water partition coefficient (Wildman–Crippen LogP) is 3.04. The number of amides is 1. The summed E-state index contributed by atoms with van der Waals surface area (Å²) in [5.41, 5.74) is 1.47. The Labute approximate surface area is 150 Å². The molecule has 0 spiro atoms. The number of aromatic nitrogens is 1. The lowest BCUT2D eigenvalue weighted by Gasteiger charge is -2.31. The summed E-state index contributed by atoms with van der Waals surface area (Å²) in [6.45, 7) is 3.81. The molecule has 1 saturated heterocycles. The van der Waals surface area contributed by atoms with Gasteiger partial charge in [-0.25, -0.2) is 9.37 Å². The van der Waals surface area contributed by atoms with Crippen LogP contribution in [0.15, 0.2) is 29.6 Å². The van der Waals surface area contributed by atoms with Gasteiger partial charge in [-0.3, -0.25) is 4.79 Å². The Bertz CT molecular complexity index is 719. The normalized spacial score (nSPS) is 17.6. The third-order valence-corrected chi connectivity index (χ3v) is 5.38. The Hall–Kier alpha value is -1.99. The first-order valence-electron chi connectivity index (χ1n) is 8.40. The van der Waals surface area contributed by atoms with Crippen molar-refractivity contribution in [3.63, 3.8) is 0 Å². The Morgan fingerprint density at radius 2 is 2.20 bits per heavy atom. The summed E-state index contributed by atoms with van der Waals surface area (Å²) in [6.07, 6.45) is 2.10. The van der Waals surface area contributed by atoms with Crippen LogP contribution in [0.2, 0.25) is 0 Å². The van der Waals surface area contributed by atoms with Crippen molar-refractivity contribution in [1.29, 1.82) is 0 Å². The molecule has 25 heavy (non-hydrogen) atoms. The van der Waals surface area contributed by atoms with Gasteiger partial charge >= 0.3 is 0 Å². The number of carbonyl (C=O) groups excluding carboxylic acids is 1. The standard InChI is InChI=1S/C18H22FN3O2S/c1-13(24)22(17-6-4-15(19)5-7-17)10-16-12-25-18(20-16)21-8-2-3-14(9-21)11-23/h4-7,12,14,23H,2-3,8-11H2,1H3. The largest absolute Gasteiger partial charge is 0.396 e. The van der Waals surface area contributed by atoms with Gasteiger partial charge in [0.05, 0.1) is 12.2 Å². The zero-order chi connectivity index (χ0) is 17.8. The molecule has 1 aliphatic rings. The molecule has 0 aliphatic carbocycles. The van der Waals surface area contributed by atoms with Gasteiger partial charge in [-0.1, -0.05) is 0 Å². The number of hydrogen-bond acceptors (Lipinski definition) is 5. The van der Waals surface area contributed by atoms with Gasteiger partial charge in [-0.05, 0) is 43.0 Å². The number of carbonyl (C=O) groups is 1. The first kappa shape index (κ1) is 17.8. The van der Waals surface area contributed by atoms with Crippen LogP contribution in [-0.2, 0) is 11.3 Å². The molecule has 7 heteroatoms. The van der Waals surface area contributed by atoms with Gasteiger partial charge in [0.25, 0.3) is 0 Å². The van der Waals surface area contributed by atoms with E-state index in [1.807, 2.05) is 5.38 Å². The number of aliphatic hydroxyl groups is 1. The van der Waals surface area contributed by atoms with Crippen LogP contribution in [0.1, 0.15) is 25.5 Å². The van der Waals surface area contributed by atoms with Gasteiger partial charge in [0.2, 0.25) is 5.91 Å². The molecule has 1 N–H and O–H groups in total. The minimum Gasteiger partial charge on any atom is -0.396 e. The van der Waals surface area contributed by atoms with Crippen molar-refractivity contribution < 1.29 is 14.3 Å². The van der Waals surface area contributed by atoms with Gasteiger partial charge in [-0.15, -0.1) is 11.3 Å². The van der Waals surface area contributed by atoms with Crippen LogP contribution in [-0.4, -0.2) is 35.7 Å². The van der Waals surface area contributed by atoms with Gasteiger partial charge < -0.3 is 14.9 Å². The van der Waals surface area contributed by atoms with Gasteiger partial charge in [0, 0.05) is 37.7 Å². The van der Waals surface area contributed by atoms with E-state index in [1.54, 1.807) is 28.4 Å². The van der Waals surface area contributed by atoms with Gasteiger partial charge in [-0.2, -0.15) is 0 Å². The van der Waals surface area contributed by atoms with Crippen LogP contribution in [0.4, 0.5) is 15.2 Å². The molecular formula is C18H22FN3O2S. The van der Waals surface area contributed by atoms with E-state index in [4.69, 9.17) is 0 Å². The molecular weight excluding hydrogens is 341 g/mol. The number of thiazole rings is 1. The molecule has 2 heterocycles. The molecule has 1 aliphatic heterocycles. The summed E-state index contributed by atoms with van der Waals surface area (Å²) in [5, 5.41) is 12.3. The fourth-order valence-electron chi connectivity index (χ4n) is 3.07. The van der Waals surface area contributed by atoms with Crippen molar-refractivity contribution >= 4 is 28.1 Å². The Kier molecular flexibility index (Phi) is 5.65. The van der Waals surface area contributed by atoms with Crippen LogP contribution >= 0.6 is 11.3 Å². The number of nitrogens with zero attached hydrogens (tertiary/aromatic N) is 3. The zero-order valence-corrected chi connectivity index (χ0v) is 15.0. The first-order valence-corrected chi connectivity index (χ1v) is 9.28. The fraction of sp³-hybridized carbons (Fsp3) is 0.444. The topological polar surface area (TPSA) is 56.7 Å². The summed E-state index contributed by atoms with van der Waals surface area (Å²) in [6, 6.07) is 5.89. The maximum atomic E-state index is 13.1. The first-order chi connectivity index (χ1) is 12.1. The van der Waals surface area contributed by atoms with Crippen molar-refractivity contribution in [2.75, 3.05) is 29.5 Å². The maximum Gasteiger partial charge on any atom is 0.224 e. The molecule has 0 bridgehead atoms. The number of benzene rings is 1. The number of piperidine rings is 1. The summed E-state index contributed by atoms with van der Waals surface area (Å²) in [4.78, 5) is 20.4. The molecule has 0 saturated carbocycles. The summed E-state index contributed by atoms with van der Waals surface area (Å²) in [7, 11) is 0. The average Bonchev–Trinajstić information content (AvgIpc) is 3.09. The molecule has 134 valence electrons. The van der Waals surface area contributed by atoms with E-state index < -0.39 is 0 Å². The minimum atomic E-state index is -0.327. The van der Waals surface area contributed by atoms with E-state index in [-0.39, 0.29) is 18.3 Å². The number of halogens is 1. The molecule has 1 atom stereocenters. The molecule has 1 unspecified atom stereocenters. The van der Waals surface area contributed by atoms with Crippen molar-refractivity contribution in [3.05, 3.63) is 41.2 Å². The lowest BCUT2D eigenvalue weighted by Crippen LogP contribution is -2.36. The second kappa shape index (κ2) is 7.93. The molecule has 1 aromatic heterocycles. The highest BCUT2D eigenvalue weighted by molar-refractivity contribution is 7.13. The third kappa shape index (κ3) is 4.35. The highest BCUT2D eigenvalue weighted by Crippen LogP contribution is 2.27. The summed E-state index contributed by atoms with van der Waals surface area (Å²) in [5.74, 6) is -0.139. The molecule has 1 amide bonds. The molecule has 2 aromatic rings. The molecule has 1 fully saturated rings. The number of rotatable bonds is 5. The predicted molar refractivity (Wildman–Crippen MR) is 97.4 cm³/mol. The lowest BCUT2D eigenvalue weighted by atomic mass is 10.00. The minimum absolute atomic E-state index is 0.112. The van der Waals surface area contributed by atoms with E-state index in [1.165, 1.54) is 19.1 Å². The molecule has 5 nitrogen and oxygen atoms in total. The van der Waals surface area contributed by atoms with E-state index in [0.717, 1.165) is 36.8 Å². The van der Waals surface area contributed by atoms with Gasteiger partial charge in [0.15, 0.2) is 5.13 Å². The van der Waals surface area contributed by atoms with Crippen LogP contribution in [0.25, 0.3) is 0 Å². The number of aliphatic hydroxyl groups excluding tert-OH is 1. The van der Waals surface area contributed by atoms with Crippen molar-refractivity contribution in [2.45, 2.75) is 26.3 Å². The molecule has 0 radical (unpaired) electrons. The van der Waals surface area contributed by atoms with E-state index in [0.29, 0.717) is 18.2 Å². The fourth-order valence-corrected chi connectivity index (χ4v) is 3.92. The van der Waals surface area contributed by atoms with Crippen molar-refractivity contribution in [3.8, 4) is 0 Å². The SMILES string of the molecule is CC(=O)N(Cc1csc(N2CCCC(CO)C2)n1)c1ccc(F)cc1. The Morgan fingerprint density at radius 1 is 1.44 bits per heavy atom. The molecule has 1 aromatic carbocycles. The van der Waals surface area contributed by atoms with Crippen LogP contribution < -0.4 is 9.80 Å². The average molecular weight is 363 g/mol. The zero-order valence-electron chi connectivity index (χ0n) is 14.2. The third-order valence-electron chi connectivity index (χ3n) is 4.43. The Morgan fingerprint density at radius 3 is 2.88 bits per heavy atom. The smallest absolute Gasteiger partial charge is 0.224 e. The highest BCUT2D eigenvalue weighted by Gasteiger charge is 2.22. The monoisotopic (exact) mass is 363 g/mol. The molecule has 3 rings (SSSR count). The van der Waals surface area contributed by atoms with Crippen LogP contribution in [0.5, 0.6) is 0 Å². The number of hydrogen-bond donors (Lipinski definition) is 1. The van der Waals surface area contributed by atoms with E-state index in [2.05, 4.69) is 9.88 Å². The Balaban J connectivity index is 1.72. The van der Waals surface area contributed by atoms with Crippen molar-refractivity contribution in [1.82, 2.24) is 4.98 Å². The number of anilines is 2. The van der Waals surface area contributed by atoms with Crippen molar-refractivity contribution in [2.24, 2.45) is 5.92 Å². The van der Waals surface area contributed by atoms with E-state index in [9.17, 15) is 14.3 Å². The second-order valence-corrected chi connectivity index (χ2v) is 7.18. The summed E-state index contributed by atoms with van der Waals surface area (Å²) < 4.78 is 13.1. The summed E-state index contributed by atoms with van der Waals surface area (Å²) >= 11 is 1.56. The lowest BCUT2D eigenvalue weighted by molar-refractivity contribution is -0.116. The quantitative estimate of drug-likeness (QED) is 0.887. The highest BCUT2D eigenvalue weighted by atomic mass is 32.1. The maximum absolute atomic E-state index is 13.1. The second-order valence-electron chi connectivity index (χ2n) is 6.34. The van der Waals surface area contributed by atoms with Crippen LogP contribution in [0, 0.1) is 11.7 Å².